The monoisotopic (exact) mass is 421 g/mol. The van der Waals surface area contributed by atoms with Crippen molar-refractivity contribution in [3.63, 3.8) is 0 Å². The molecule has 4 rings (SSSR count). The molecule has 2 heterocycles. The number of non-ortho nitro benzene ring substituents is 1. The molecule has 0 saturated heterocycles. The normalized spacial score (nSPS) is 11.0. The minimum atomic E-state index is -0.608. The van der Waals surface area contributed by atoms with E-state index < -0.39 is 10.7 Å². The van der Waals surface area contributed by atoms with Gasteiger partial charge in [-0.05, 0) is 30.2 Å². The van der Waals surface area contributed by atoms with Crippen LogP contribution in [0.2, 0.25) is 0 Å². The lowest BCUT2D eigenvalue weighted by Crippen LogP contribution is -2.17. The van der Waals surface area contributed by atoms with E-state index in [4.69, 9.17) is 4.42 Å². The van der Waals surface area contributed by atoms with Gasteiger partial charge in [-0.25, -0.2) is 9.78 Å². The molecule has 0 radical (unpaired) electrons. The number of hydrogen-bond donors (Lipinski definition) is 1. The fraction of sp³-hybridized carbons (Fsp3) is 0.190. The third-order valence-corrected chi connectivity index (χ3v) is 4.78. The molecule has 0 unspecified atom stereocenters. The first kappa shape index (κ1) is 20.1. The molecule has 0 saturated carbocycles. The summed E-state index contributed by atoms with van der Waals surface area (Å²) in [4.78, 5) is 38.7. The van der Waals surface area contributed by atoms with E-state index in [0.29, 0.717) is 24.2 Å². The topological polar surface area (TPSA) is 125 Å². The molecule has 0 aliphatic rings. The van der Waals surface area contributed by atoms with Gasteiger partial charge in [-0.3, -0.25) is 19.5 Å². The maximum Gasteiger partial charge on any atom is 0.419 e. The molecule has 10 nitrogen and oxygen atoms in total. The Hall–Kier alpha value is -4.21. The van der Waals surface area contributed by atoms with Gasteiger partial charge < -0.3 is 14.3 Å². The van der Waals surface area contributed by atoms with Crippen LogP contribution in [0.1, 0.15) is 18.4 Å². The number of anilines is 1. The van der Waals surface area contributed by atoms with E-state index in [-0.39, 0.29) is 30.1 Å². The lowest BCUT2D eigenvalue weighted by Gasteiger charge is -2.08. The van der Waals surface area contributed by atoms with Crippen molar-refractivity contribution in [2.45, 2.75) is 25.9 Å². The predicted octanol–water partition coefficient (Wildman–Crippen LogP) is 3.17. The van der Waals surface area contributed by atoms with Crippen molar-refractivity contribution in [1.82, 2.24) is 14.1 Å². The largest absolute Gasteiger partial charge is 0.419 e. The number of imidazole rings is 1. The third kappa shape index (κ3) is 4.69. The number of hydrogen-bond acceptors (Lipinski definition) is 6. The van der Waals surface area contributed by atoms with Gasteiger partial charge in [0.1, 0.15) is 0 Å². The third-order valence-electron chi connectivity index (χ3n) is 4.78. The van der Waals surface area contributed by atoms with Gasteiger partial charge >= 0.3 is 5.76 Å². The minimum Gasteiger partial charge on any atom is -0.407 e. The van der Waals surface area contributed by atoms with Crippen LogP contribution in [0.5, 0.6) is 0 Å². The molecule has 0 fully saturated rings. The summed E-state index contributed by atoms with van der Waals surface area (Å²) in [7, 11) is 0. The Morgan fingerprint density at radius 2 is 2.10 bits per heavy atom. The van der Waals surface area contributed by atoms with E-state index in [9.17, 15) is 19.7 Å². The van der Waals surface area contributed by atoms with E-state index in [1.807, 2.05) is 35.0 Å². The molecule has 0 bridgehead atoms. The number of carbonyl (C=O) groups excluding carboxylic acids is 1. The number of aryl methyl sites for hydroxylation is 1. The number of carbonyl (C=O) groups is 1. The number of nitrogens with one attached hydrogen (secondary N) is 1. The summed E-state index contributed by atoms with van der Waals surface area (Å²) >= 11 is 0. The Kier molecular flexibility index (Phi) is 5.61. The van der Waals surface area contributed by atoms with E-state index >= 15 is 0 Å². The zero-order chi connectivity index (χ0) is 21.8. The van der Waals surface area contributed by atoms with Crippen LogP contribution in [0.4, 0.5) is 11.4 Å². The van der Waals surface area contributed by atoms with Crippen LogP contribution in [0.15, 0.2) is 70.4 Å². The molecule has 2 aromatic carbocycles. The highest BCUT2D eigenvalue weighted by Crippen LogP contribution is 2.20. The number of aromatic nitrogens is 3. The Balaban J connectivity index is 1.35. The molecule has 4 aromatic rings. The molecule has 0 aliphatic heterocycles. The summed E-state index contributed by atoms with van der Waals surface area (Å²) in [6.45, 7) is 0.913. The minimum absolute atomic E-state index is 0.150. The maximum absolute atomic E-state index is 12.3. The van der Waals surface area contributed by atoms with E-state index in [0.717, 1.165) is 5.56 Å². The molecule has 0 spiro atoms. The lowest BCUT2D eigenvalue weighted by atomic mass is 10.2. The second kappa shape index (κ2) is 8.66. The van der Waals surface area contributed by atoms with Crippen molar-refractivity contribution >= 4 is 28.4 Å². The van der Waals surface area contributed by atoms with Gasteiger partial charge in [0.15, 0.2) is 5.58 Å². The summed E-state index contributed by atoms with van der Waals surface area (Å²) in [5.41, 5.74) is 2.19. The molecule has 10 heteroatoms. The first-order valence-electron chi connectivity index (χ1n) is 9.62. The van der Waals surface area contributed by atoms with Gasteiger partial charge in [0.05, 0.1) is 22.8 Å². The van der Waals surface area contributed by atoms with Crippen LogP contribution in [0.3, 0.4) is 0 Å². The number of amides is 1. The molecular formula is C21H19N5O5. The summed E-state index contributed by atoms with van der Waals surface area (Å²) in [6.07, 6.45) is 5.92. The Morgan fingerprint density at radius 1 is 1.23 bits per heavy atom. The molecule has 1 amide bonds. The summed E-state index contributed by atoms with van der Waals surface area (Å²) in [6, 6.07) is 11.6. The number of nitro groups is 1. The first-order valence-corrected chi connectivity index (χ1v) is 9.62. The van der Waals surface area contributed by atoms with Gasteiger partial charge in [-0.1, -0.05) is 12.1 Å². The van der Waals surface area contributed by atoms with Gasteiger partial charge in [0.25, 0.3) is 5.69 Å². The lowest BCUT2D eigenvalue weighted by molar-refractivity contribution is -0.384. The number of rotatable bonds is 8. The molecule has 31 heavy (non-hydrogen) atoms. The zero-order valence-electron chi connectivity index (χ0n) is 16.4. The maximum atomic E-state index is 12.3. The average molecular weight is 421 g/mol. The second-order valence-corrected chi connectivity index (χ2v) is 7.02. The predicted molar refractivity (Wildman–Crippen MR) is 113 cm³/mol. The number of nitrogens with zero attached hydrogens (tertiary/aromatic N) is 4. The van der Waals surface area contributed by atoms with Gasteiger partial charge in [-0.15, -0.1) is 0 Å². The fourth-order valence-corrected chi connectivity index (χ4v) is 3.34. The van der Waals surface area contributed by atoms with Gasteiger partial charge in [0, 0.05) is 43.7 Å². The van der Waals surface area contributed by atoms with Crippen LogP contribution in [0, 0.1) is 10.1 Å². The average Bonchev–Trinajstić information content (AvgIpc) is 3.35. The summed E-state index contributed by atoms with van der Waals surface area (Å²) in [5.74, 6) is -0.778. The first-order chi connectivity index (χ1) is 15.0. The number of fused-ring (bicyclic) bond motifs is 1. The van der Waals surface area contributed by atoms with Crippen molar-refractivity contribution in [2.75, 3.05) is 5.32 Å². The van der Waals surface area contributed by atoms with Crippen molar-refractivity contribution in [1.29, 1.82) is 0 Å². The highest BCUT2D eigenvalue weighted by atomic mass is 16.6. The second-order valence-electron chi connectivity index (χ2n) is 7.02. The van der Waals surface area contributed by atoms with Crippen molar-refractivity contribution < 1.29 is 14.1 Å². The molecule has 0 atom stereocenters. The van der Waals surface area contributed by atoms with Crippen molar-refractivity contribution in [3.8, 4) is 0 Å². The highest BCUT2D eigenvalue weighted by Gasteiger charge is 2.14. The van der Waals surface area contributed by atoms with Crippen molar-refractivity contribution in [3.05, 3.63) is 87.4 Å². The molecule has 2 aromatic heterocycles. The quantitative estimate of drug-likeness (QED) is 0.344. The number of benzene rings is 2. The molecule has 1 N–H and O–H groups in total. The Bertz CT molecular complexity index is 1290. The highest BCUT2D eigenvalue weighted by molar-refractivity contribution is 5.90. The Morgan fingerprint density at radius 3 is 2.87 bits per heavy atom. The van der Waals surface area contributed by atoms with Crippen LogP contribution < -0.4 is 11.1 Å². The van der Waals surface area contributed by atoms with Crippen molar-refractivity contribution in [2.24, 2.45) is 0 Å². The SMILES string of the molecule is O=C(CCCn1c(=O)oc2cc([N+](=O)[O-])ccc21)Nc1cccc(Cn2ccnc2)c1. The smallest absolute Gasteiger partial charge is 0.407 e. The van der Waals surface area contributed by atoms with Crippen LogP contribution >= 0.6 is 0 Å². The molecule has 158 valence electrons. The molecular weight excluding hydrogens is 402 g/mol. The van der Waals surface area contributed by atoms with E-state index in [1.54, 1.807) is 12.5 Å². The number of oxazole rings is 1. The summed E-state index contributed by atoms with van der Waals surface area (Å²) < 4.78 is 8.40. The summed E-state index contributed by atoms with van der Waals surface area (Å²) in [5, 5.41) is 13.7. The standard InChI is InChI=1S/C21H19N5O5/c27-20(23-16-4-1-3-15(11-16)13-24-10-8-22-14-24)5-2-9-25-18-7-6-17(26(29)30)12-19(18)31-21(25)28/h1,3-4,6-8,10-12,14H,2,5,9,13H2,(H,23,27). The van der Waals surface area contributed by atoms with E-state index in [1.165, 1.54) is 22.8 Å². The fourth-order valence-electron chi connectivity index (χ4n) is 3.34. The number of nitro benzene ring substituents is 1. The van der Waals surface area contributed by atoms with Gasteiger partial charge in [-0.2, -0.15) is 0 Å². The van der Waals surface area contributed by atoms with Gasteiger partial charge in [0.2, 0.25) is 5.91 Å². The zero-order valence-corrected chi connectivity index (χ0v) is 16.4. The van der Waals surface area contributed by atoms with Crippen LogP contribution in [0.25, 0.3) is 11.1 Å². The van der Waals surface area contributed by atoms with Crippen LogP contribution in [-0.4, -0.2) is 24.9 Å². The Labute approximate surface area is 175 Å². The van der Waals surface area contributed by atoms with E-state index in [2.05, 4.69) is 10.3 Å². The molecule has 0 aliphatic carbocycles. The van der Waals surface area contributed by atoms with Crippen LogP contribution in [-0.2, 0) is 17.9 Å².